The average Bonchev–Trinajstić information content (AvgIpc) is 1.82. The van der Waals surface area contributed by atoms with Crippen LogP contribution in [0.15, 0.2) is 23.1 Å². The molecule has 0 atom stereocenters. The maximum atomic E-state index is 10.7. The Morgan fingerprint density at radius 2 is 1.50 bits per heavy atom. The smallest absolute Gasteiger partial charge is 0.238 e. The molecule has 6 heteroatoms. The summed E-state index contributed by atoms with van der Waals surface area (Å²) < 4.78 is 21.4. The maximum absolute atomic E-state index is 10.7. The fourth-order valence-corrected chi connectivity index (χ4v) is 1.30. The SMILES string of the molecule is NS(=O)(=O)c1cc(O)cc(O)c1. The molecule has 0 aliphatic heterocycles. The highest BCUT2D eigenvalue weighted by molar-refractivity contribution is 7.89. The molecule has 0 spiro atoms. The highest BCUT2D eigenvalue weighted by atomic mass is 32.2. The fraction of sp³-hybridized carbons (Fsp3) is 0. The van der Waals surface area contributed by atoms with E-state index in [9.17, 15) is 8.42 Å². The first-order valence-electron chi connectivity index (χ1n) is 2.95. The van der Waals surface area contributed by atoms with Gasteiger partial charge in [0.25, 0.3) is 0 Å². The van der Waals surface area contributed by atoms with E-state index in [1.54, 1.807) is 0 Å². The predicted molar refractivity (Wildman–Crippen MR) is 41.1 cm³/mol. The summed E-state index contributed by atoms with van der Waals surface area (Å²) >= 11 is 0. The minimum absolute atomic E-state index is 0.319. The van der Waals surface area contributed by atoms with Crippen molar-refractivity contribution in [3.63, 3.8) is 0 Å². The number of aromatic hydroxyl groups is 2. The van der Waals surface area contributed by atoms with Crippen molar-refractivity contribution in [3.8, 4) is 11.5 Å². The van der Waals surface area contributed by atoms with Crippen molar-refractivity contribution >= 4 is 10.0 Å². The van der Waals surface area contributed by atoms with Gasteiger partial charge in [0.15, 0.2) is 0 Å². The number of nitrogens with two attached hydrogens (primary N) is 1. The zero-order valence-electron chi connectivity index (χ0n) is 5.93. The van der Waals surface area contributed by atoms with Crippen molar-refractivity contribution in [3.05, 3.63) is 18.2 Å². The van der Waals surface area contributed by atoms with E-state index < -0.39 is 10.0 Å². The predicted octanol–water partition coefficient (Wildman–Crippen LogP) is -0.255. The lowest BCUT2D eigenvalue weighted by Crippen LogP contribution is -2.11. The number of phenolic OH excluding ortho intramolecular Hbond substituents is 2. The van der Waals surface area contributed by atoms with E-state index in [0.717, 1.165) is 18.2 Å². The molecule has 0 aromatic heterocycles. The monoisotopic (exact) mass is 189 g/mol. The van der Waals surface area contributed by atoms with Crippen LogP contribution in [0.25, 0.3) is 0 Å². The van der Waals surface area contributed by atoms with Gasteiger partial charge in [-0.1, -0.05) is 0 Å². The summed E-state index contributed by atoms with van der Waals surface area (Å²) in [5.41, 5.74) is 0. The van der Waals surface area contributed by atoms with Crippen LogP contribution in [0.1, 0.15) is 0 Å². The van der Waals surface area contributed by atoms with Gasteiger partial charge in [-0.3, -0.25) is 0 Å². The molecule has 0 saturated carbocycles. The Morgan fingerprint density at radius 1 is 1.08 bits per heavy atom. The van der Waals surface area contributed by atoms with E-state index >= 15 is 0 Å². The van der Waals surface area contributed by atoms with E-state index in [-0.39, 0.29) is 16.4 Å². The highest BCUT2D eigenvalue weighted by Crippen LogP contribution is 2.22. The van der Waals surface area contributed by atoms with Crippen LogP contribution in [0.4, 0.5) is 0 Å². The molecule has 1 aromatic rings. The zero-order chi connectivity index (χ0) is 9.35. The van der Waals surface area contributed by atoms with E-state index in [0.29, 0.717) is 0 Å². The number of primary sulfonamides is 1. The largest absolute Gasteiger partial charge is 0.508 e. The summed E-state index contributed by atoms with van der Waals surface area (Å²) in [7, 11) is -3.87. The van der Waals surface area contributed by atoms with Gasteiger partial charge < -0.3 is 10.2 Å². The third-order valence-corrected chi connectivity index (χ3v) is 2.10. The van der Waals surface area contributed by atoms with Crippen molar-refractivity contribution in [1.82, 2.24) is 0 Å². The van der Waals surface area contributed by atoms with Crippen LogP contribution in [0.2, 0.25) is 0 Å². The first-order chi connectivity index (χ1) is 5.39. The highest BCUT2D eigenvalue weighted by Gasteiger charge is 2.09. The molecule has 1 aromatic carbocycles. The van der Waals surface area contributed by atoms with E-state index in [4.69, 9.17) is 15.4 Å². The van der Waals surface area contributed by atoms with Crippen molar-refractivity contribution in [2.45, 2.75) is 4.90 Å². The van der Waals surface area contributed by atoms with Gasteiger partial charge in [-0.2, -0.15) is 0 Å². The Kier molecular flexibility index (Phi) is 1.95. The molecule has 0 amide bonds. The molecule has 66 valence electrons. The van der Waals surface area contributed by atoms with Crippen LogP contribution >= 0.6 is 0 Å². The van der Waals surface area contributed by atoms with E-state index in [2.05, 4.69) is 0 Å². The Morgan fingerprint density at radius 3 is 1.83 bits per heavy atom. The summed E-state index contributed by atoms with van der Waals surface area (Å²) in [6, 6.07) is 2.92. The second kappa shape index (κ2) is 2.65. The third-order valence-electron chi connectivity index (χ3n) is 1.20. The van der Waals surface area contributed by atoms with Crippen LogP contribution in [-0.4, -0.2) is 18.6 Å². The Hall–Kier alpha value is -1.27. The maximum Gasteiger partial charge on any atom is 0.238 e. The number of benzene rings is 1. The molecule has 0 fully saturated rings. The molecule has 4 N–H and O–H groups in total. The van der Waals surface area contributed by atoms with Gasteiger partial charge in [0.2, 0.25) is 10.0 Å². The van der Waals surface area contributed by atoms with Gasteiger partial charge >= 0.3 is 0 Å². The first-order valence-corrected chi connectivity index (χ1v) is 4.50. The summed E-state index contributed by atoms with van der Waals surface area (Å²) in [5, 5.41) is 22.5. The van der Waals surface area contributed by atoms with Crippen LogP contribution in [0, 0.1) is 0 Å². The van der Waals surface area contributed by atoms with Gasteiger partial charge in [0.1, 0.15) is 11.5 Å². The average molecular weight is 189 g/mol. The molecule has 5 nitrogen and oxygen atoms in total. The topological polar surface area (TPSA) is 101 Å². The van der Waals surface area contributed by atoms with Crippen LogP contribution in [0.5, 0.6) is 11.5 Å². The second-order valence-corrected chi connectivity index (χ2v) is 3.79. The molecule has 12 heavy (non-hydrogen) atoms. The minimum atomic E-state index is -3.87. The minimum Gasteiger partial charge on any atom is -0.508 e. The standard InChI is InChI=1S/C6H7NO4S/c7-12(10,11)6-2-4(8)1-5(9)3-6/h1-3,8-9H,(H2,7,10,11). The summed E-state index contributed by atoms with van der Waals surface area (Å²) in [5.74, 6) is -0.696. The van der Waals surface area contributed by atoms with Crippen molar-refractivity contribution in [2.24, 2.45) is 5.14 Å². The Balaban J connectivity index is 3.37. The van der Waals surface area contributed by atoms with Gasteiger partial charge in [0.05, 0.1) is 4.90 Å². The summed E-state index contributed by atoms with van der Waals surface area (Å²) in [4.78, 5) is -0.319. The molecule has 0 unspecified atom stereocenters. The molecule has 0 aliphatic carbocycles. The van der Waals surface area contributed by atoms with Gasteiger partial charge in [-0.25, -0.2) is 13.6 Å². The lowest BCUT2D eigenvalue weighted by Gasteiger charge is -1.99. The molecule has 0 radical (unpaired) electrons. The van der Waals surface area contributed by atoms with Gasteiger partial charge in [-0.05, 0) is 0 Å². The molecule has 1 rings (SSSR count). The third kappa shape index (κ3) is 1.86. The molecule has 0 heterocycles. The first kappa shape index (κ1) is 8.82. The van der Waals surface area contributed by atoms with Gasteiger partial charge in [0, 0.05) is 18.2 Å². The summed E-state index contributed by atoms with van der Waals surface area (Å²) in [6.45, 7) is 0. The van der Waals surface area contributed by atoms with Crippen molar-refractivity contribution < 1.29 is 18.6 Å². The van der Waals surface area contributed by atoms with Crippen molar-refractivity contribution in [2.75, 3.05) is 0 Å². The zero-order valence-corrected chi connectivity index (χ0v) is 6.75. The quantitative estimate of drug-likeness (QED) is 0.566. The van der Waals surface area contributed by atoms with E-state index in [1.807, 2.05) is 0 Å². The van der Waals surface area contributed by atoms with Crippen LogP contribution in [0.3, 0.4) is 0 Å². The lowest BCUT2D eigenvalue weighted by molar-refractivity contribution is 0.447. The van der Waals surface area contributed by atoms with Crippen LogP contribution < -0.4 is 5.14 Å². The normalized spacial score (nSPS) is 11.4. The number of sulfonamides is 1. The molecule has 0 bridgehead atoms. The Labute approximate surface area is 69.1 Å². The number of phenols is 2. The molecule has 0 aliphatic rings. The van der Waals surface area contributed by atoms with Gasteiger partial charge in [-0.15, -0.1) is 0 Å². The van der Waals surface area contributed by atoms with Crippen molar-refractivity contribution in [1.29, 1.82) is 0 Å². The number of hydrogen-bond acceptors (Lipinski definition) is 4. The summed E-state index contributed by atoms with van der Waals surface area (Å²) in [6.07, 6.45) is 0. The number of hydrogen-bond donors (Lipinski definition) is 3. The number of rotatable bonds is 1. The van der Waals surface area contributed by atoms with E-state index in [1.165, 1.54) is 0 Å². The van der Waals surface area contributed by atoms with Crippen LogP contribution in [-0.2, 0) is 10.0 Å². The Bertz CT molecular complexity index is 378. The second-order valence-electron chi connectivity index (χ2n) is 2.23. The molecular weight excluding hydrogens is 182 g/mol. The fourth-order valence-electron chi connectivity index (χ4n) is 0.732. The molecule has 0 saturated heterocycles. The lowest BCUT2D eigenvalue weighted by atomic mass is 10.3. The molecular formula is C6H7NO4S.